The number of amides is 1. The van der Waals surface area contributed by atoms with Crippen molar-refractivity contribution in [1.29, 1.82) is 0 Å². The van der Waals surface area contributed by atoms with E-state index in [1.807, 2.05) is 39.0 Å². The number of benzene rings is 1. The third kappa shape index (κ3) is 1.69. The Kier molecular flexibility index (Phi) is 2.39. The van der Waals surface area contributed by atoms with Crippen LogP contribution in [0.2, 0.25) is 0 Å². The van der Waals surface area contributed by atoms with E-state index in [1.54, 1.807) is 0 Å². The Balaban J connectivity index is 2.39. The number of ether oxygens (including phenoxy) is 1. The lowest BCUT2D eigenvalue weighted by atomic mass is 10.0. The topological polar surface area (TPSA) is 38.3 Å². The zero-order chi connectivity index (χ0) is 11.0. The predicted molar refractivity (Wildman–Crippen MR) is 59.1 cm³/mol. The Bertz CT molecular complexity index is 399. The van der Waals surface area contributed by atoms with E-state index in [0.717, 1.165) is 17.0 Å². The second-order valence-corrected chi connectivity index (χ2v) is 4.22. The molecule has 1 amide bonds. The van der Waals surface area contributed by atoms with Gasteiger partial charge in [-0.25, -0.2) is 0 Å². The van der Waals surface area contributed by atoms with E-state index in [9.17, 15) is 4.79 Å². The van der Waals surface area contributed by atoms with E-state index in [0.29, 0.717) is 0 Å². The van der Waals surface area contributed by atoms with Crippen LogP contribution in [0.1, 0.15) is 19.4 Å². The van der Waals surface area contributed by atoms with Crippen LogP contribution in [0.3, 0.4) is 0 Å². The van der Waals surface area contributed by atoms with Crippen LogP contribution in [0, 0.1) is 12.8 Å². The van der Waals surface area contributed by atoms with Gasteiger partial charge in [-0.1, -0.05) is 26.0 Å². The van der Waals surface area contributed by atoms with Gasteiger partial charge in [-0.05, 0) is 24.5 Å². The van der Waals surface area contributed by atoms with E-state index >= 15 is 0 Å². The average Bonchev–Trinajstić information content (AvgIpc) is 2.16. The van der Waals surface area contributed by atoms with E-state index < -0.39 is 0 Å². The van der Waals surface area contributed by atoms with Gasteiger partial charge >= 0.3 is 0 Å². The number of aryl methyl sites for hydroxylation is 1. The molecule has 1 aliphatic rings. The van der Waals surface area contributed by atoms with Crippen LogP contribution in [-0.4, -0.2) is 12.0 Å². The highest BCUT2D eigenvalue weighted by molar-refractivity contribution is 5.98. The van der Waals surface area contributed by atoms with Crippen LogP contribution in [-0.2, 0) is 4.79 Å². The SMILES string of the molecule is Cc1cccc2c1OC(C(C)C)C(=O)N2. The third-order valence-corrected chi connectivity index (χ3v) is 2.58. The highest BCUT2D eigenvalue weighted by atomic mass is 16.5. The molecule has 1 heterocycles. The van der Waals surface area contributed by atoms with Crippen LogP contribution < -0.4 is 10.1 Å². The largest absolute Gasteiger partial charge is 0.478 e. The summed E-state index contributed by atoms with van der Waals surface area (Å²) in [5.74, 6) is 0.927. The summed E-state index contributed by atoms with van der Waals surface area (Å²) in [4.78, 5) is 11.7. The highest BCUT2D eigenvalue weighted by Crippen LogP contribution is 2.34. The molecule has 80 valence electrons. The first-order valence-corrected chi connectivity index (χ1v) is 5.16. The summed E-state index contributed by atoms with van der Waals surface area (Å²) in [5, 5.41) is 2.87. The molecule has 3 nitrogen and oxygen atoms in total. The molecule has 2 rings (SSSR count). The first kappa shape index (κ1) is 10.0. The van der Waals surface area contributed by atoms with Crippen molar-refractivity contribution in [3.63, 3.8) is 0 Å². The third-order valence-electron chi connectivity index (χ3n) is 2.58. The Morgan fingerprint density at radius 3 is 2.80 bits per heavy atom. The molecule has 0 saturated heterocycles. The van der Waals surface area contributed by atoms with Crippen molar-refractivity contribution in [1.82, 2.24) is 0 Å². The van der Waals surface area contributed by atoms with Crippen LogP contribution in [0.25, 0.3) is 0 Å². The highest BCUT2D eigenvalue weighted by Gasteiger charge is 2.30. The number of carbonyl (C=O) groups is 1. The molecule has 0 fully saturated rings. The van der Waals surface area contributed by atoms with Gasteiger partial charge in [0.25, 0.3) is 5.91 Å². The van der Waals surface area contributed by atoms with Crippen LogP contribution in [0.15, 0.2) is 18.2 Å². The summed E-state index contributed by atoms with van der Waals surface area (Å²) in [6.07, 6.45) is -0.376. The maximum atomic E-state index is 11.7. The van der Waals surface area contributed by atoms with Crippen LogP contribution in [0.4, 0.5) is 5.69 Å². The maximum Gasteiger partial charge on any atom is 0.265 e. The molecular weight excluding hydrogens is 190 g/mol. The standard InChI is InChI=1S/C12H15NO2/c1-7(2)10-12(14)13-9-6-4-5-8(3)11(9)15-10/h4-7,10H,1-3H3,(H,13,14). The molecule has 0 bridgehead atoms. The lowest BCUT2D eigenvalue weighted by Crippen LogP contribution is -2.40. The fraction of sp³-hybridized carbons (Fsp3) is 0.417. The number of hydrogen-bond donors (Lipinski definition) is 1. The zero-order valence-corrected chi connectivity index (χ0v) is 9.20. The molecule has 0 radical (unpaired) electrons. The van der Waals surface area contributed by atoms with Gasteiger partial charge < -0.3 is 10.1 Å². The summed E-state index contributed by atoms with van der Waals surface area (Å²) >= 11 is 0. The quantitative estimate of drug-likeness (QED) is 0.764. The van der Waals surface area contributed by atoms with Gasteiger partial charge in [0.1, 0.15) is 5.75 Å². The fourth-order valence-electron chi connectivity index (χ4n) is 1.73. The van der Waals surface area contributed by atoms with Gasteiger partial charge in [-0.15, -0.1) is 0 Å². The normalized spacial score (nSPS) is 19.5. The molecule has 0 aromatic heterocycles. The van der Waals surface area contributed by atoms with Gasteiger partial charge in [0, 0.05) is 0 Å². The molecule has 15 heavy (non-hydrogen) atoms. The van der Waals surface area contributed by atoms with E-state index in [-0.39, 0.29) is 17.9 Å². The molecule has 1 aromatic carbocycles. The molecule has 1 unspecified atom stereocenters. The lowest BCUT2D eigenvalue weighted by molar-refractivity contribution is -0.125. The number of anilines is 1. The summed E-state index contributed by atoms with van der Waals surface area (Å²) in [6.45, 7) is 5.94. The summed E-state index contributed by atoms with van der Waals surface area (Å²) in [7, 11) is 0. The average molecular weight is 205 g/mol. The molecule has 0 spiro atoms. The van der Waals surface area contributed by atoms with Crippen molar-refractivity contribution in [2.45, 2.75) is 26.9 Å². The lowest BCUT2D eigenvalue weighted by Gasteiger charge is -2.29. The molecule has 0 saturated carbocycles. The van der Waals surface area contributed by atoms with Gasteiger partial charge in [0.15, 0.2) is 6.10 Å². The van der Waals surface area contributed by atoms with Crippen molar-refractivity contribution in [2.24, 2.45) is 5.92 Å². The predicted octanol–water partition coefficient (Wildman–Crippen LogP) is 2.35. The number of fused-ring (bicyclic) bond motifs is 1. The number of hydrogen-bond acceptors (Lipinski definition) is 2. The zero-order valence-electron chi connectivity index (χ0n) is 9.20. The second-order valence-electron chi connectivity index (χ2n) is 4.22. The van der Waals surface area contributed by atoms with E-state index in [1.165, 1.54) is 0 Å². The number of rotatable bonds is 1. The molecule has 0 aliphatic carbocycles. The van der Waals surface area contributed by atoms with E-state index in [2.05, 4.69) is 5.32 Å². The van der Waals surface area contributed by atoms with Crippen molar-refractivity contribution >= 4 is 11.6 Å². The summed E-state index contributed by atoms with van der Waals surface area (Å²) in [5.41, 5.74) is 1.83. The molecule has 1 N–H and O–H groups in total. The van der Waals surface area contributed by atoms with Gasteiger partial charge in [0.2, 0.25) is 0 Å². The number of para-hydroxylation sites is 1. The Labute approximate surface area is 89.4 Å². The second kappa shape index (κ2) is 3.57. The first-order chi connectivity index (χ1) is 7.09. The Morgan fingerprint density at radius 1 is 1.40 bits per heavy atom. The smallest absolute Gasteiger partial charge is 0.265 e. The van der Waals surface area contributed by atoms with Crippen LogP contribution >= 0.6 is 0 Å². The fourth-order valence-corrected chi connectivity index (χ4v) is 1.73. The minimum Gasteiger partial charge on any atom is -0.478 e. The van der Waals surface area contributed by atoms with Crippen molar-refractivity contribution < 1.29 is 9.53 Å². The van der Waals surface area contributed by atoms with Crippen molar-refractivity contribution in [2.75, 3.05) is 5.32 Å². The van der Waals surface area contributed by atoms with Crippen LogP contribution in [0.5, 0.6) is 5.75 Å². The van der Waals surface area contributed by atoms with Crippen molar-refractivity contribution in [3.8, 4) is 5.75 Å². The monoisotopic (exact) mass is 205 g/mol. The summed E-state index contributed by atoms with van der Waals surface area (Å²) < 4.78 is 5.72. The number of nitrogens with one attached hydrogen (secondary N) is 1. The minimum absolute atomic E-state index is 0.0527. The van der Waals surface area contributed by atoms with Gasteiger partial charge in [0.05, 0.1) is 5.69 Å². The molecule has 3 heteroatoms. The maximum absolute atomic E-state index is 11.7. The Hall–Kier alpha value is -1.51. The van der Waals surface area contributed by atoms with Gasteiger partial charge in [-0.2, -0.15) is 0 Å². The minimum atomic E-state index is -0.376. The number of carbonyl (C=O) groups excluding carboxylic acids is 1. The molecule has 1 aromatic rings. The summed E-state index contributed by atoms with van der Waals surface area (Å²) in [6, 6.07) is 5.75. The Morgan fingerprint density at radius 2 is 2.13 bits per heavy atom. The molecular formula is C12H15NO2. The van der Waals surface area contributed by atoms with E-state index in [4.69, 9.17) is 4.74 Å². The first-order valence-electron chi connectivity index (χ1n) is 5.16. The molecule has 1 atom stereocenters. The molecule has 1 aliphatic heterocycles. The van der Waals surface area contributed by atoms with Crippen molar-refractivity contribution in [3.05, 3.63) is 23.8 Å². The van der Waals surface area contributed by atoms with Gasteiger partial charge in [-0.3, -0.25) is 4.79 Å².